The lowest BCUT2D eigenvalue weighted by Gasteiger charge is -2.43. The number of fused-ring (bicyclic) bond motifs is 2. The quantitative estimate of drug-likeness (QED) is 0.753. The first-order valence-corrected chi connectivity index (χ1v) is 9.48. The topological polar surface area (TPSA) is 65.1 Å². The summed E-state index contributed by atoms with van der Waals surface area (Å²) in [6, 6.07) is 7.71. The Morgan fingerprint density at radius 1 is 1.07 bits per heavy atom. The molecule has 0 aromatic heterocycles. The Morgan fingerprint density at radius 3 is 2.30 bits per heavy atom. The maximum absolute atomic E-state index is 12.8. The average Bonchev–Trinajstić information content (AvgIpc) is 2.94. The van der Waals surface area contributed by atoms with Crippen molar-refractivity contribution in [2.75, 3.05) is 14.2 Å². The highest BCUT2D eigenvalue weighted by Gasteiger charge is 2.53. The molecule has 148 valence electrons. The number of hydrogen-bond acceptors (Lipinski definition) is 5. The molecular formula is C21H29NO5. The van der Waals surface area contributed by atoms with Gasteiger partial charge in [0.25, 0.3) is 0 Å². The number of piperidine rings is 1. The summed E-state index contributed by atoms with van der Waals surface area (Å²) < 4.78 is 16.0. The van der Waals surface area contributed by atoms with Crippen LogP contribution >= 0.6 is 0 Å². The van der Waals surface area contributed by atoms with Gasteiger partial charge in [0.05, 0.1) is 20.1 Å². The maximum Gasteiger partial charge on any atom is 0.410 e. The van der Waals surface area contributed by atoms with Gasteiger partial charge in [-0.15, -0.1) is 0 Å². The molecule has 0 N–H and O–H groups in total. The molecule has 2 saturated heterocycles. The van der Waals surface area contributed by atoms with Crippen LogP contribution in [0, 0.1) is 5.92 Å². The molecule has 2 bridgehead atoms. The largest absolute Gasteiger partial charge is 0.497 e. The number of amides is 1. The number of ether oxygens (including phenoxy) is 3. The normalized spacial score (nSPS) is 27.2. The number of rotatable bonds is 3. The zero-order chi connectivity index (χ0) is 19.8. The van der Waals surface area contributed by atoms with E-state index in [0.29, 0.717) is 0 Å². The zero-order valence-corrected chi connectivity index (χ0v) is 16.7. The lowest BCUT2D eigenvalue weighted by molar-refractivity contribution is -0.150. The van der Waals surface area contributed by atoms with Gasteiger partial charge in [0, 0.05) is 18.0 Å². The second-order valence-electron chi connectivity index (χ2n) is 8.35. The van der Waals surface area contributed by atoms with Gasteiger partial charge in [-0.05, 0) is 57.7 Å². The van der Waals surface area contributed by atoms with Crippen molar-refractivity contribution in [3.63, 3.8) is 0 Å². The second-order valence-corrected chi connectivity index (χ2v) is 8.35. The van der Waals surface area contributed by atoms with Crippen LogP contribution in [0.25, 0.3) is 0 Å². The van der Waals surface area contributed by atoms with E-state index in [0.717, 1.165) is 30.6 Å². The number of carbonyl (C=O) groups excluding carboxylic acids is 2. The summed E-state index contributed by atoms with van der Waals surface area (Å²) in [7, 11) is 3.04. The molecule has 1 amide bonds. The lowest BCUT2D eigenvalue weighted by atomic mass is 9.76. The molecule has 2 heterocycles. The molecule has 1 aromatic carbocycles. The minimum atomic E-state index is -0.565. The Labute approximate surface area is 160 Å². The van der Waals surface area contributed by atoms with Gasteiger partial charge in [0.2, 0.25) is 0 Å². The zero-order valence-electron chi connectivity index (χ0n) is 16.7. The van der Waals surface area contributed by atoms with Crippen LogP contribution in [-0.4, -0.2) is 48.9 Å². The van der Waals surface area contributed by atoms with E-state index >= 15 is 0 Å². The van der Waals surface area contributed by atoms with Crippen LogP contribution in [0.1, 0.15) is 51.5 Å². The van der Waals surface area contributed by atoms with Crippen molar-refractivity contribution in [3.05, 3.63) is 29.8 Å². The third-order valence-electron chi connectivity index (χ3n) is 5.54. The molecule has 2 fully saturated rings. The van der Waals surface area contributed by atoms with Gasteiger partial charge < -0.3 is 19.1 Å². The van der Waals surface area contributed by atoms with Crippen molar-refractivity contribution in [2.24, 2.45) is 5.92 Å². The molecule has 6 nitrogen and oxygen atoms in total. The molecule has 0 aliphatic carbocycles. The summed E-state index contributed by atoms with van der Waals surface area (Å²) in [6.07, 6.45) is 2.06. The number of benzene rings is 1. The van der Waals surface area contributed by atoms with E-state index in [1.54, 1.807) is 12.0 Å². The maximum atomic E-state index is 12.8. The van der Waals surface area contributed by atoms with Gasteiger partial charge in [0.1, 0.15) is 11.4 Å². The van der Waals surface area contributed by atoms with Crippen LogP contribution in [0.4, 0.5) is 4.79 Å². The summed E-state index contributed by atoms with van der Waals surface area (Å²) in [5.74, 6) is 0.131. The van der Waals surface area contributed by atoms with Crippen molar-refractivity contribution in [1.29, 1.82) is 0 Å². The first-order valence-electron chi connectivity index (χ1n) is 9.48. The fourth-order valence-corrected chi connectivity index (χ4v) is 4.46. The molecule has 0 saturated carbocycles. The molecule has 2 aliphatic heterocycles. The van der Waals surface area contributed by atoms with Gasteiger partial charge in [0.15, 0.2) is 0 Å². The minimum absolute atomic E-state index is 0.0135. The van der Waals surface area contributed by atoms with E-state index in [4.69, 9.17) is 14.2 Å². The van der Waals surface area contributed by atoms with Crippen LogP contribution in [-0.2, 0) is 14.3 Å². The Balaban J connectivity index is 1.90. The summed E-state index contributed by atoms with van der Waals surface area (Å²) in [4.78, 5) is 27.3. The SMILES string of the molecule is COC(=O)[C@H]1[C@H](c2ccc(OC)cc2)C[C@H]2CC[C@@H]1N2C(=O)OC(C)(C)C. The average molecular weight is 375 g/mol. The fourth-order valence-electron chi connectivity index (χ4n) is 4.46. The molecule has 4 atom stereocenters. The molecule has 2 aliphatic rings. The van der Waals surface area contributed by atoms with Crippen LogP contribution in [0.5, 0.6) is 5.75 Å². The first kappa shape index (κ1) is 19.5. The van der Waals surface area contributed by atoms with Crippen molar-refractivity contribution < 1.29 is 23.8 Å². The van der Waals surface area contributed by atoms with E-state index in [1.165, 1.54) is 7.11 Å². The van der Waals surface area contributed by atoms with Gasteiger partial charge in [-0.25, -0.2) is 4.79 Å². The second kappa shape index (κ2) is 7.41. The van der Waals surface area contributed by atoms with Crippen molar-refractivity contribution >= 4 is 12.1 Å². The van der Waals surface area contributed by atoms with Gasteiger partial charge in [-0.3, -0.25) is 4.79 Å². The molecule has 6 heteroatoms. The van der Waals surface area contributed by atoms with Gasteiger partial charge in [-0.1, -0.05) is 12.1 Å². The van der Waals surface area contributed by atoms with Crippen LogP contribution < -0.4 is 4.74 Å². The fraction of sp³-hybridized carbons (Fsp3) is 0.619. The molecule has 27 heavy (non-hydrogen) atoms. The number of hydrogen-bond donors (Lipinski definition) is 0. The summed E-state index contributed by atoms with van der Waals surface area (Å²) >= 11 is 0. The number of carbonyl (C=O) groups is 2. The molecule has 0 radical (unpaired) electrons. The number of methoxy groups -OCH3 is 2. The van der Waals surface area contributed by atoms with E-state index in [-0.39, 0.29) is 30.1 Å². The van der Waals surface area contributed by atoms with E-state index in [2.05, 4.69) is 0 Å². The Kier molecular flexibility index (Phi) is 5.36. The van der Waals surface area contributed by atoms with E-state index in [1.807, 2.05) is 45.0 Å². The highest BCUT2D eigenvalue weighted by Crippen LogP contribution is 2.48. The third kappa shape index (κ3) is 3.89. The van der Waals surface area contributed by atoms with Crippen LogP contribution in [0.3, 0.4) is 0 Å². The Morgan fingerprint density at radius 2 is 1.74 bits per heavy atom. The van der Waals surface area contributed by atoms with Crippen LogP contribution in [0.15, 0.2) is 24.3 Å². The Bertz CT molecular complexity index is 694. The molecular weight excluding hydrogens is 346 g/mol. The monoisotopic (exact) mass is 375 g/mol. The molecule has 0 spiro atoms. The highest BCUT2D eigenvalue weighted by molar-refractivity contribution is 5.78. The number of nitrogens with zero attached hydrogens (tertiary/aromatic N) is 1. The predicted octanol–water partition coefficient (Wildman–Crippen LogP) is 3.74. The van der Waals surface area contributed by atoms with Crippen molar-refractivity contribution in [3.8, 4) is 5.75 Å². The summed E-state index contributed by atoms with van der Waals surface area (Å²) in [5, 5.41) is 0. The predicted molar refractivity (Wildman–Crippen MR) is 101 cm³/mol. The minimum Gasteiger partial charge on any atom is -0.497 e. The van der Waals surface area contributed by atoms with Gasteiger partial charge in [-0.2, -0.15) is 0 Å². The van der Waals surface area contributed by atoms with Crippen LogP contribution in [0.2, 0.25) is 0 Å². The standard InChI is InChI=1S/C21H29NO5/c1-21(2,3)27-20(24)22-14-8-11-17(22)18(19(23)26-5)16(12-14)13-6-9-15(25-4)10-7-13/h6-7,9-10,14,16-18H,8,11-12H2,1-5H3/t14-,16+,17+,18+/m1/s1. The third-order valence-corrected chi connectivity index (χ3v) is 5.54. The smallest absolute Gasteiger partial charge is 0.410 e. The summed E-state index contributed by atoms with van der Waals surface area (Å²) in [5.41, 5.74) is 0.511. The molecule has 0 unspecified atom stereocenters. The Hall–Kier alpha value is -2.24. The highest BCUT2D eigenvalue weighted by atomic mass is 16.6. The van der Waals surface area contributed by atoms with Crippen molar-refractivity contribution in [1.82, 2.24) is 4.90 Å². The molecule has 1 aromatic rings. The summed E-state index contributed by atoms with van der Waals surface area (Å²) in [6.45, 7) is 5.57. The lowest BCUT2D eigenvalue weighted by Crippen LogP contribution is -2.54. The first-order chi connectivity index (χ1) is 12.7. The van der Waals surface area contributed by atoms with E-state index < -0.39 is 11.5 Å². The van der Waals surface area contributed by atoms with E-state index in [9.17, 15) is 9.59 Å². The number of esters is 1. The van der Waals surface area contributed by atoms with Crippen molar-refractivity contribution in [2.45, 2.75) is 63.6 Å². The molecule has 3 rings (SSSR count). The van der Waals surface area contributed by atoms with Gasteiger partial charge >= 0.3 is 12.1 Å².